The molecule has 0 heterocycles. The number of benzene rings is 1. The van der Waals surface area contributed by atoms with E-state index < -0.39 is 0 Å². The Kier molecular flexibility index (Phi) is 6.43. The minimum atomic E-state index is -0.361. The van der Waals surface area contributed by atoms with Gasteiger partial charge < -0.3 is 15.2 Å². The summed E-state index contributed by atoms with van der Waals surface area (Å²) in [6, 6.07) is 4.93. The number of hydrogen-bond acceptors (Lipinski definition) is 5. The summed E-state index contributed by atoms with van der Waals surface area (Å²) in [5, 5.41) is 0. The fourth-order valence-corrected chi connectivity index (χ4v) is 1.90. The second-order valence-corrected chi connectivity index (χ2v) is 4.95. The van der Waals surface area contributed by atoms with Crippen molar-refractivity contribution in [3.05, 3.63) is 23.8 Å². The fraction of sp³-hybridized carbons (Fsp3) is 0.462. The smallest absolute Gasteiger partial charge is 0.338 e. The molecule has 2 N–H and O–H groups in total. The van der Waals surface area contributed by atoms with E-state index >= 15 is 0 Å². The SMILES string of the molecule is CCOc1cc(N)cc(C(=O)OCCSCC)c1. The van der Waals surface area contributed by atoms with Gasteiger partial charge in [0.25, 0.3) is 0 Å². The zero-order chi connectivity index (χ0) is 13.4. The molecule has 1 rings (SSSR count). The average Bonchev–Trinajstić information content (AvgIpc) is 2.34. The number of carbonyl (C=O) groups is 1. The Labute approximate surface area is 112 Å². The molecule has 0 aromatic heterocycles. The maximum atomic E-state index is 11.8. The minimum Gasteiger partial charge on any atom is -0.494 e. The van der Waals surface area contributed by atoms with E-state index in [4.69, 9.17) is 15.2 Å². The fourth-order valence-electron chi connectivity index (χ4n) is 1.41. The molecule has 100 valence electrons. The van der Waals surface area contributed by atoms with Gasteiger partial charge in [0.15, 0.2) is 0 Å². The maximum absolute atomic E-state index is 11.8. The first-order valence-corrected chi connectivity index (χ1v) is 7.11. The van der Waals surface area contributed by atoms with Crippen LogP contribution in [0.25, 0.3) is 0 Å². The van der Waals surface area contributed by atoms with E-state index in [2.05, 4.69) is 6.92 Å². The molecule has 0 radical (unpaired) electrons. The molecule has 0 amide bonds. The predicted molar refractivity (Wildman–Crippen MR) is 75.3 cm³/mol. The van der Waals surface area contributed by atoms with Crippen molar-refractivity contribution in [1.82, 2.24) is 0 Å². The van der Waals surface area contributed by atoms with Gasteiger partial charge in [-0.05, 0) is 24.8 Å². The zero-order valence-electron chi connectivity index (χ0n) is 10.8. The van der Waals surface area contributed by atoms with Gasteiger partial charge in [0.1, 0.15) is 12.4 Å². The van der Waals surface area contributed by atoms with E-state index in [9.17, 15) is 4.79 Å². The third kappa shape index (κ3) is 4.87. The Balaban J connectivity index is 2.61. The quantitative estimate of drug-likeness (QED) is 0.468. The molecule has 4 nitrogen and oxygen atoms in total. The number of carbonyl (C=O) groups excluding carboxylic acids is 1. The normalized spacial score (nSPS) is 10.1. The number of thioether (sulfide) groups is 1. The highest BCUT2D eigenvalue weighted by atomic mass is 32.2. The van der Waals surface area contributed by atoms with Crippen molar-refractivity contribution in [1.29, 1.82) is 0 Å². The summed E-state index contributed by atoms with van der Waals surface area (Å²) < 4.78 is 10.5. The van der Waals surface area contributed by atoms with E-state index in [0.29, 0.717) is 30.2 Å². The number of esters is 1. The lowest BCUT2D eigenvalue weighted by Crippen LogP contribution is -2.09. The van der Waals surface area contributed by atoms with E-state index in [1.807, 2.05) is 6.92 Å². The Hall–Kier alpha value is -1.36. The van der Waals surface area contributed by atoms with Crippen molar-refractivity contribution >= 4 is 23.4 Å². The molecule has 0 unspecified atom stereocenters. The van der Waals surface area contributed by atoms with Crippen LogP contribution in [0.5, 0.6) is 5.75 Å². The number of ether oxygens (including phenoxy) is 2. The van der Waals surface area contributed by atoms with Crippen LogP contribution in [0.1, 0.15) is 24.2 Å². The molecule has 5 heteroatoms. The average molecular weight is 269 g/mol. The molecule has 0 aliphatic heterocycles. The molecule has 0 aliphatic rings. The van der Waals surface area contributed by atoms with Crippen LogP contribution < -0.4 is 10.5 Å². The number of anilines is 1. The summed E-state index contributed by atoms with van der Waals surface area (Å²) in [6.45, 7) is 4.89. The van der Waals surface area contributed by atoms with Crippen LogP contribution in [0, 0.1) is 0 Å². The second-order valence-electron chi connectivity index (χ2n) is 3.56. The van der Waals surface area contributed by atoms with Crippen LogP contribution in [0.4, 0.5) is 5.69 Å². The number of hydrogen-bond donors (Lipinski definition) is 1. The predicted octanol–water partition coefficient (Wildman–Crippen LogP) is 2.58. The van der Waals surface area contributed by atoms with Crippen molar-refractivity contribution < 1.29 is 14.3 Å². The van der Waals surface area contributed by atoms with Crippen molar-refractivity contribution in [3.8, 4) is 5.75 Å². The van der Waals surface area contributed by atoms with E-state index in [-0.39, 0.29) is 5.97 Å². The molecule has 18 heavy (non-hydrogen) atoms. The van der Waals surface area contributed by atoms with Gasteiger partial charge in [-0.3, -0.25) is 0 Å². The van der Waals surface area contributed by atoms with Gasteiger partial charge in [-0.15, -0.1) is 0 Å². The van der Waals surface area contributed by atoms with E-state index in [1.165, 1.54) is 0 Å². The number of nitrogens with two attached hydrogens (primary N) is 1. The van der Waals surface area contributed by atoms with E-state index in [0.717, 1.165) is 11.5 Å². The summed E-state index contributed by atoms with van der Waals surface area (Å²) in [5.41, 5.74) is 6.64. The highest BCUT2D eigenvalue weighted by molar-refractivity contribution is 7.99. The first-order valence-electron chi connectivity index (χ1n) is 5.95. The highest BCUT2D eigenvalue weighted by Crippen LogP contribution is 2.19. The van der Waals surface area contributed by atoms with Gasteiger partial charge >= 0.3 is 5.97 Å². The first kappa shape index (κ1) is 14.7. The van der Waals surface area contributed by atoms with Crippen molar-refractivity contribution in [2.24, 2.45) is 0 Å². The molecule has 0 aliphatic carbocycles. The summed E-state index contributed by atoms with van der Waals surface area (Å²) in [7, 11) is 0. The van der Waals surface area contributed by atoms with Crippen LogP contribution >= 0.6 is 11.8 Å². The first-order chi connectivity index (χ1) is 8.67. The molecule has 0 bridgehead atoms. The topological polar surface area (TPSA) is 61.5 Å². The number of nitrogen functional groups attached to an aromatic ring is 1. The second kappa shape index (κ2) is 7.87. The molecule has 0 saturated heterocycles. The number of rotatable bonds is 7. The van der Waals surface area contributed by atoms with Crippen LogP contribution in [0.2, 0.25) is 0 Å². The Morgan fingerprint density at radius 3 is 2.78 bits per heavy atom. The van der Waals surface area contributed by atoms with Crippen LogP contribution in [-0.2, 0) is 4.74 Å². The van der Waals surface area contributed by atoms with Gasteiger partial charge in [-0.25, -0.2) is 4.79 Å². The molecule has 0 atom stereocenters. The largest absolute Gasteiger partial charge is 0.494 e. The molecule has 0 saturated carbocycles. The Bertz CT molecular complexity index is 396. The van der Waals surface area contributed by atoms with Crippen molar-refractivity contribution in [2.45, 2.75) is 13.8 Å². The van der Waals surface area contributed by atoms with Gasteiger partial charge in [0.2, 0.25) is 0 Å². The van der Waals surface area contributed by atoms with Crippen LogP contribution in [0.3, 0.4) is 0 Å². The molecule has 0 fully saturated rings. The molecular formula is C13H19NO3S. The summed E-state index contributed by atoms with van der Waals surface area (Å²) >= 11 is 1.73. The maximum Gasteiger partial charge on any atom is 0.338 e. The molecule has 1 aromatic rings. The van der Waals surface area contributed by atoms with Gasteiger partial charge in [0, 0.05) is 17.5 Å². The summed E-state index contributed by atoms with van der Waals surface area (Å²) in [6.07, 6.45) is 0. The summed E-state index contributed by atoms with van der Waals surface area (Å²) in [4.78, 5) is 11.8. The van der Waals surface area contributed by atoms with Crippen LogP contribution in [-0.4, -0.2) is 30.7 Å². The Morgan fingerprint density at radius 2 is 2.11 bits per heavy atom. The Morgan fingerprint density at radius 1 is 1.33 bits per heavy atom. The lowest BCUT2D eigenvalue weighted by Gasteiger charge is -2.08. The van der Waals surface area contributed by atoms with Gasteiger partial charge in [-0.2, -0.15) is 11.8 Å². The monoisotopic (exact) mass is 269 g/mol. The lowest BCUT2D eigenvalue weighted by molar-refractivity contribution is 0.0530. The highest BCUT2D eigenvalue weighted by Gasteiger charge is 2.09. The standard InChI is InChI=1S/C13H19NO3S/c1-3-16-12-8-10(7-11(14)9-12)13(15)17-5-6-18-4-2/h7-9H,3-6,14H2,1-2H3. The van der Waals surface area contributed by atoms with Gasteiger partial charge in [-0.1, -0.05) is 6.92 Å². The summed E-state index contributed by atoms with van der Waals surface area (Å²) in [5.74, 6) is 2.06. The van der Waals surface area contributed by atoms with Crippen molar-refractivity contribution in [3.63, 3.8) is 0 Å². The third-order valence-corrected chi connectivity index (χ3v) is 3.00. The lowest BCUT2D eigenvalue weighted by atomic mass is 10.2. The zero-order valence-corrected chi connectivity index (χ0v) is 11.6. The minimum absolute atomic E-state index is 0.361. The van der Waals surface area contributed by atoms with E-state index in [1.54, 1.807) is 30.0 Å². The van der Waals surface area contributed by atoms with Crippen molar-refractivity contribution in [2.75, 3.05) is 30.5 Å². The van der Waals surface area contributed by atoms with Gasteiger partial charge in [0.05, 0.1) is 12.2 Å². The molecule has 0 spiro atoms. The van der Waals surface area contributed by atoms with Crippen LogP contribution in [0.15, 0.2) is 18.2 Å². The third-order valence-electron chi connectivity index (χ3n) is 2.14. The molecular weight excluding hydrogens is 250 g/mol. The molecule has 1 aromatic carbocycles.